The first kappa shape index (κ1) is 19.8. The molecule has 2 aliphatic rings. The number of carbonyl (C=O) groups excluding carboxylic acids is 1. The Kier molecular flexibility index (Phi) is 5.05. The van der Waals surface area contributed by atoms with E-state index in [1.54, 1.807) is 32.3 Å². The van der Waals surface area contributed by atoms with Gasteiger partial charge in [0, 0.05) is 45.1 Å². The highest BCUT2D eigenvalue weighted by Gasteiger charge is 2.36. The van der Waals surface area contributed by atoms with Crippen LogP contribution in [0.2, 0.25) is 0 Å². The zero-order valence-electron chi connectivity index (χ0n) is 16.5. The van der Waals surface area contributed by atoms with Crippen LogP contribution >= 0.6 is 0 Å². The van der Waals surface area contributed by atoms with Gasteiger partial charge in [0.2, 0.25) is 10.0 Å². The van der Waals surface area contributed by atoms with Gasteiger partial charge in [-0.25, -0.2) is 8.42 Å². The highest BCUT2D eigenvalue weighted by molar-refractivity contribution is 7.89. The maximum absolute atomic E-state index is 13.1. The molecular weight excluding hydrogens is 392 g/mol. The third-order valence-corrected chi connectivity index (χ3v) is 7.13. The predicted octanol–water partition coefficient (Wildman–Crippen LogP) is 1.70. The van der Waals surface area contributed by atoms with E-state index in [9.17, 15) is 13.2 Å². The number of anilines is 1. The Labute approximate surface area is 170 Å². The van der Waals surface area contributed by atoms with Gasteiger partial charge in [0.15, 0.2) is 5.60 Å². The monoisotopic (exact) mass is 416 g/mol. The molecule has 0 radical (unpaired) electrons. The minimum absolute atomic E-state index is 0.155. The molecule has 0 aliphatic carbocycles. The van der Waals surface area contributed by atoms with E-state index in [0.29, 0.717) is 37.6 Å². The number of nitrogens with zero attached hydrogens (tertiary/aromatic N) is 3. The third-order valence-electron chi connectivity index (χ3n) is 5.24. The quantitative estimate of drug-likeness (QED) is 0.816. The zero-order valence-corrected chi connectivity index (χ0v) is 17.3. The number of hydrogen-bond acceptors (Lipinski definition) is 6. The summed E-state index contributed by atoms with van der Waals surface area (Å²) in [7, 11) is -3.65. The molecule has 3 heterocycles. The Bertz CT molecular complexity index is 1020. The number of benzene rings is 1. The van der Waals surface area contributed by atoms with E-state index >= 15 is 0 Å². The van der Waals surface area contributed by atoms with Gasteiger partial charge in [-0.3, -0.25) is 14.7 Å². The van der Waals surface area contributed by atoms with Crippen molar-refractivity contribution in [1.82, 2.24) is 14.2 Å². The number of aromatic nitrogens is 1. The van der Waals surface area contributed by atoms with Crippen LogP contribution in [-0.2, 0) is 21.4 Å². The first-order chi connectivity index (χ1) is 13.8. The molecule has 29 heavy (non-hydrogen) atoms. The van der Waals surface area contributed by atoms with Crippen molar-refractivity contribution in [3.8, 4) is 5.75 Å². The van der Waals surface area contributed by atoms with Crippen molar-refractivity contribution in [3.05, 3.63) is 48.3 Å². The molecule has 2 aliphatic heterocycles. The predicted molar refractivity (Wildman–Crippen MR) is 108 cm³/mol. The van der Waals surface area contributed by atoms with E-state index in [-0.39, 0.29) is 10.8 Å². The SMILES string of the molecule is CC1(C)Oc2ccc(S(=O)(=O)N3CCN(Cc4ccncc4)CC3)cc2NC1=O. The third kappa shape index (κ3) is 3.98. The number of rotatable bonds is 4. The fourth-order valence-electron chi connectivity index (χ4n) is 3.47. The number of hydrogen-bond donors (Lipinski definition) is 1. The van der Waals surface area contributed by atoms with Gasteiger partial charge in [-0.05, 0) is 49.7 Å². The molecule has 2 aromatic rings. The molecule has 1 N–H and O–H groups in total. The molecule has 1 amide bonds. The fourth-order valence-corrected chi connectivity index (χ4v) is 4.92. The molecule has 1 aromatic carbocycles. The molecule has 154 valence electrons. The molecule has 1 fully saturated rings. The molecule has 8 nitrogen and oxygen atoms in total. The maximum atomic E-state index is 13.1. The number of amides is 1. The second-order valence-electron chi connectivity index (χ2n) is 7.76. The summed E-state index contributed by atoms with van der Waals surface area (Å²) in [6, 6.07) is 8.54. The summed E-state index contributed by atoms with van der Waals surface area (Å²) < 4.78 is 33.4. The first-order valence-electron chi connectivity index (χ1n) is 9.52. The number of sulfonamides is 1. The lowest BCUT2D eigenvalue weighted by molar-refractivity contribution is -0.129. The maximum Gasteiger partial charge on any atom is 0.268 e. The highest BCUT2D eigenvalue weighted by Crippen LogP contribution is 2.35. The van der Waals surface area contributed by atoms with Crippen LogP contribution in [0.15, 0.2) is 47.6 Å². The van der Waals surface area contributed by atoms with Crippen molar-refractivity contribution in [2.24, 2.45) is 0 Å². The number of pyridine rings is 1. The average molecular weight is 417 g/mol. The summed E-state index contributed by atoms with van der Waals surface area (Å²) in [5, 5.41) is 2.74. The standard InChI is InChI=1S/C20H24N4O4S/c1-20(2)19(25)22-17-13-16(3-4-18(17)28-20)29(26,27)24-11-9-23(10-12-24)14-15-5-7-21-8-6-15/h3-8,13H,9-12,14H2,1-2H3,(H,22,25). The van der Waals surface area contributed by atoms with Crippen LogP contribution in [-0.4, -0.2) is 60.3 Å². The first-order valence-corrected chi connectivity index (χ1v) is 11.0. The largest absolute Gasteiger partial charge is 0.476 e. The Morgan fingerprint density at radius 3 is 2.48 bits per heavy atom. The summed E-state index contributed by atoms with van der Waals surface area (Å²) in [5.41, 5.74) is 0.551. The van der Waals surface area contributed by atoms with E-state index in [1.807, 2.05) is 12.1 Å². The Morgan fingerprint density at radius 2 is 1.79 bits per heavy atom. The van der Waals surface area contributed by atoms with E-state index in [0.717, 1.165) is 12.1 Å². The van der Waals surface area contributed by atoms with Crippen molar-refractivity contribution in [1.29, 1.82) is 0 Å². The van der Waals surface area contributed by atoms with E-state index in [2.05, 4.69) is 15.2 Å². The number of piperazine rings is 1. The van der Waals surface area contributed by atoms with Crippen LogP contribution in [0.25, 0.3) is 0 Å². The Hall–Kier alpha value is -2.49. The van der Waals surface area contributed by atoms with E-state index in [1.165, 1.54) is 16.4 Å². The minimum atomic E-state index is -3.65. The van der Waals surface area contributed by atoms with Gasteiger partial charge in [0.25, 0.3) is 5.91 Å². The molecule has 1 saturated heterocycles. The fraction of sp³-hybridized carbons (Fsp3) is 0.400. The molecule has 0 atom stereocenters. The number of nitrogens with one attached hydrogen (secondary N) is 1. The van der Waals surface area contributed by atoms with Crippen molar-refractivity contribution in [3.63, 3.8) is 0 Å². The van der Waals surface area contributed by atoms with Gasteiger partial charge >= 0.3 is 0 Å². The molecule has 1 aromatic heterocycles. The van der Waals surface area contributed by atoms with Crippen LogP contribution in [0, 0.1) is 0 Å². The topological polar surface area (TPSA) is 91.8 Å². The Balaban J connectivity index is 1.46. The van der Waals surface area contributed by atoms with E-state index in [4.69, 9.17) is 4.74 Å². The van der Waals surface area contributed by atoms with Gasteiger partial charge < -0.3 is 10.1 Å². The lowest BCUT2D eigenvalue weighted by Crippen LogP contribution is -2.48. The Morgan fingerprint density at radius 1 is 1.10 bits per heavy atom. The summed E-state index contributed by atoms with van der Waals surface area (Å²) >= 11 is 0. The molecule has 0 saturated carbocycles. The van der Waals surface area contributed by atoms with Gasteiger partial charge in [-0.15, -0.1) is 0 Å². The van der Waals surface area contributed by atoms with Gasteiger partial charge in [-0.2, -0.15) is 4.31 Å². The van der Waals surface area contributed by atoms with Crippen LogP contribution in [0.3, 0.4) is 0 Å². The molecule has 0 spiro atoms. The summed E-state index contributed by atoms with van der Waals surface area (Å²) in [4.78, 5) is 18.5. The molecular formula is C20H24N4O4S. The number of fused-ring (bicyclic) bond motifs is 1. The summed E-state index contributed by atoms with van der Waals surface area (Å²) in [6.07, 6.45) is 3.52. The number of carbonyl (C=O) groups is 1. The normalized spacial score (nSPS) is 19.9. The number of ether oxygens (including phenoxy) is 1. The van der Waals surface area contributed by atoms with Crippen LogP contribution < -0.4 is 10.1 Å². The van der Waals surface area contributed by atoms with Crippen molar-refractivity contribution >= 4 is 21.6 Å². The van der Waals surface area contributed by atoms with Crippen LogP contribution in [0.4, 0.5) is 5.69 Å². The molecule has 9 heteroatoms. The second-order valence-corrected chi connectivity index (χ2v) is 9.70. The molecule has 0 bridgehead atoms. The lowest BCUT2D eigenvalue weighted by atomic mass is 10.1. The van der Waals surface area contributed by atoms with Crippen molar-refractivity contribution in [2.75, 3.05) is 31.5 Å². The summed E-state index contributed by atoms with van der Waals surface area (Å²) in [5.74, 6) is 0.167. The van der Waals surface area contributed by atoms with Crippen molar-refractivity contribution in [2.45, 2.75) is 30.9 Å². The smallest absolute Gasteiger partial charge is 0.268 e. The van der Waals surface area contributed by atoms with Crippen LogP contribution in [0.5, 0.6) is 5.75 Å². The van der Waals surface area contributed by atoms with Crippen LogP contribution in [0.1, 0.15) is 19.4 Å². The second kappa shape index (κ2) is 7.40. The average Bonchev–Trinajstić information content (AvgIpc) is 2.69. The van der Waals surface area contributed by atoms with Crippen molar-refractivity contribution < 1.29 is 17.9 Å². The van der Waals surface area contributed by atoms with E-state index < -0.39 is 15.6 Å². The van der Waals surface area contributed by atoms with Gasteiger partial charge in [-0.1, -0.05) is 0 Å². The lowest BCUT2D eigenvalue weighted by Gasteiger charge is -2.34. The zero-order chi connectivity index (χ0) is 20.6. The summed E-state index contributed by atoms with van der Waals surface area (Å²) in [6.45, 7) is 6.25. The molecule has 4 rings (SSSR count). The van der Waals surface area contributed by atoms with Gasteiger partial charge in [0.05, 0.1) is 10.6 Å². The minimum Gasteiger partial charge on any atom is -0.476 e. The molecule has 0 unspecified atom stereocenters. The van der Waals surface area contributed by atoms with Gasteiger partial charge in [0.1, 0.15) is 5.75 Å². The highest BCUT2D eigenvalue weighted by atomic mass is 32.2.